The van der Waals surface area contributed by atoms with E-state index in [1.54, 1.807) is 18.2 Å². The summed E-state index contributed by atoms with van der Waals surface area (Å²) in [6.07, 6.45) is 0. The first-order chi connectivity index (χ1) is 6.99. The van der Waals surface area contributed by atoms with Gasteiger partial charge in [0, 0.05) is 22.8 Å². The molecule has 0 atom stereocenters. The summed E-state index contributed by atoms with van der Waals surface area (Å²) < 4.78 is 0. The van der Waals surface area contributed by atoms with Gasteiger partial charge in [-0.05, 0) is 25.1 Å². The molecule has 1 aromatic rings. The van der Waals surface area contributed by atoms with E-state index in [1.807, 2.05) is 6.92 Å². The van der Waals surface area contributed by atoms with Gasteiger partial charge < -0.3 is 11.1 Å². The Balaban J connectivity index is 2.77. The summed E-state index contributed by atoms with van der Waals surface area (Å²) in [5, 5.41) is 3.15. The minimum atomic E-state index is -0.202. The molecule has 0 radical (unpaired) electrons. The van der Waals surface area contributed by atoms with E-state index in [1.165, 1.54) is 0 Å². The maximum Gasteiger partial charge on any atom is 0.251 e. The van der Waals surface area contributed by atoms with Gasteiger partial charge in [0.05, 0.1) is 0 Å². The zero-order valence-electron chi connectivity index (χ0n) is 8.51. The second-order valence-corrected chi connectivity index (χ2v) is 3.85. The highest BCUT2D eigenvalue weighted by Gasteiger charge is 2.06. The number of rotatable bonds is 3. The monoisotopic (exact) mass is 224 g/mol. The van der Waals surface area contributed by atoms with Gasteiger partial charge in [0.1, 0.15) is 0 Å². The van der Waals surface area contributed by atoms with E-state index < -0.39 is 0 Å². The number of nitrogens with one attached hydrogen (secondary N) is 1. The second-order valence-electron chi connectivity index (χ2n) is 3.41. The number of hydrogen-bond acceptors (Lipinski definition) is 2. The lowest BCUT2D eigenvalue weighted by Crippen LogP contribution is -2.24. The number of amides is 1. The first-order valence-corrected chi connectivity index (χ1v) is 4.85. The zero-order chi connectivity index (χ0) is 11.4. The number of benzene rings is 1. The van der Waals surface area contributed by atoms with Crippen molar-refractivity contribution in [2.45, 2.75) is 6.92 Å². The Hall–Kier alpha value is -1.48. The Labute approximate surface area is 93.9 Å². The number of nitrogen functional groups attached to an aromatic ring is 1. The van der Waals surface area contributed by atoms with Crippen LogP contribution in [-0.4, -0.2) is 12.5 Å². The quantitative estimate of drug-likeness (QED) is 0.611. The largest absolute Gasteiger partial charge is 0.399 e. The molecule has 0 aromatic heterocycles. The first-order valence-electron chi connectivity index (χ1n) is 4.47. The molecule has 15 heavy (non-hydrogen) atoms. The molecule has 3 N–H and O–H groups in total. The summed E-state index contributed by atoms with van der Waals surface area (Å²) in [7, 11) is 0. The Morgan fingerprint density at radius 2 is 2.20 bits per heavy atom. The topological polar surface area (TPSA) is 55.1 Å². The first kappa shape index (κ1) is 11.6. The van der Waals surface area contributed by atoms with Crippen molar-refractivity contribution in [2.24, 2.45) is 0 Å². The summed E-state index contributed by atoms with van der Waals surface area (Å²) in [5.74, 6) is -0.202. The number of anilines is 1. The Morgan fingerprint density at radius 1 is 1.53 bits per heavy atom. The minimum absolute atomic E-state index is 0.202. The molecule has 0 aliphatic rings. The summed E-state index contributed by atoms with van der Waals surface area (Å²) in [5.41, 5.74) is 7.39. The fraction of sp³-hybridized carbons (Fsp3) is 0.182. The molecule has 0 bridgehead atoms. The highest BCUT2D eigenvalue weighted by atomic mass is 35.5. The molecule has 0 saturated heterocycles. The number of halogens is 1. The lowest BCUT2D eigenvalue weighted by molar-refractivity contribution is 0.0957. The van der Waals surface area contributed by atoms with Gasteiger partial charge in [-0.15, -0.1) is 0 Å². The summed E-state index contributed by atoms with van der Waals surface area (Å²) in [6, 6.07) is 4.75. The third-order valence-electron chi connectivity index (χ3n) is 1.73. The van der Waals surface area contributed by atoms with Gasteiger partial charge in [-0.1, -0.05) is 23.8 Å². The Bertz CT molecular complexity index is 381. The van der Waals surface area contributed by atoms with Gasteiger partial charge in [0.25, 0.3) is 5.91 Å². The third kappa shape index (κ3) is 3.64. The Morgan fingerprint density at radius 3 is 2.73 bits per heavy atom. The van der Waals surface area contributed by atoms with Crippen molar-refractivity contribution in [2.75, 3.05) is 12.3 Å². The predicted octanol–water partition coefficient (Wildman–Crippen LogP) is 2.23. The van der Waals surface area contributed by atoms with Gasteiger partial charge in [-0.3, -0.25) is 4.79 Å². The van der Waals surface area contributed by atoms with Crippen LogP contribution in [-0.2, 0) is 0 Å². The Kier molecular flexibility index (Phi) is 3.74. The highest BCUT2D eigenvalue weighted by Crippen LogP contribution is 2.16. The fourth-order valence-electron chi connectivity index (χ4n) is 1.08. The molecule has 0 spiro atoms. The smallest absolute Gasteiger partial charge is 0.251 e. The van der Waals surface area contributed by atoms with Gasteiger partial charge in [-0.25, -0.2) is 0 Å². The molecule has 0 heterocycles. The maximum absolute atomic E-state index is 11.6. The second kappa shape index (κ2) is 4.84. The highest BCUT2D eigenvalue weighted by molar-refractivity contribution is 6.31. The molecule has 4 heteroatoms. The fourth-order valence-corrected chi connectivity index (χ4v) is 1.32. The molecular formula is C11H13ClN2O. The molecule has 0 fully saturated rings. The third-order valence-corrected chi connectivity index (χ3v) is 1.95. The van der Waals surface area contributed by atoms with E-state index in [-0.39, 0.29) is 5.91 Å². The van der Waals surface area contributed by atoms with Crippen molar-refractivity contribution in [1.82, 2.24) is 5.32 Å². The van der Waals surface area contributed by atoms with E-state index in [0.717, 1.165) is 5.57 Å². The van der Waals surface area contributed by atoms with Crippen LogP contribution in [0.5, 0.6) is 0 Å². The maximum atomic E-state index is 11.6. The van der Waals surface area contributed by atoms with Crippen LogP contribution in [0.4, 0.5) is 5.69 Å². The van der Waals surface area contributed by atoms with Crippen molar-refractivity contribution in [3.63, 3.8) is 0 Å². The van der Waals surface area contributed by atoms with E-state index in [0.29, 0.717) is 22.8 Å². The lowest BCUT2D eigenvalue weighted by Gasteiger charge is -2.05. The van der Waals surface area contributed by atoms with Gasteiger partial charge in [0.15, 0.2) is 0 Å². The van der Waals surface area contributed by atoms with Crippen LogP contribution < -0.4 is 11.1 Å². The molecule has 0 unspecified atom stereocenters. The average molecular weight is 225 g/mol. The predicted molar refractivity (Wildman–Crippen MR) is 63.0 cm³/mol. The molecule has 80 valence electrons. The van der Waals surface area contributed by atoms with Gasteiger partial charge in [0.2, 0.25) is 0 Å². The van der Waals surface area contributed by atoms with Crippen molar-refractivity contribution in [3.8, 4) is 0 Å². The zero-order valence-corrected chi connectivity index (χ0v) is 9.27. The van der Waals surface area contributed by atoms with Crippen LogP contribution in [0.1, 0.15) is 17.3 Å². The van der Waals surface area contributed by atoms with Gasteiger partial charge in [-0.2, -0.15) is 0 Å². The molecular weight excluding hydrogens is 212 g/mol. The number of nitrogens with two attached hydrogens (primary N) is 1. The molecule has 0 aliphatic carbocycles. The summed E-state index contributed by atoms with van der Waals surface area (Å²) >= 11 is 5.78. The van der Waals surface area contributed by atoms with Crippen LogP contribution in [0, 0.1) is 0 Å². The number of carbonyl (C=O) groups is 1. The van der Waals surface area contributed by atoms with E-state index in [4.69, 9.17) is 17.3 Å². The normalized spacial score (nSPS) is 9.73. The average Bonchev–Trinajstić information content (AvgIpc) is 2.12. The molecule has 0 saturated carbocycles. The number of carbonyl (C=O) groups excluding carboxylic acids is 1. The summed E-state index contributed by atoms with van der Waals surface area (Å²) in [4.78, 5) is 11.6. The van der Waals surface area contributed by atoms with E-state index in [2.05, 4.69) is 11.9 Å². The van der Waals surface area contributed by atoms with Crippen molar-refractivity contribution in [1.29, 1.82) is 0 Å². The van der Waals surface area contributed by atoms with Crippen LogP contribution in [0.25, 0.3) is 0 Å². The molecule has 1 amide bonds. The van der Waals surface area contributed by atoms with Crippen molar-refractivity contribution >= 4 is 23.2 Å². The molecule has 0 aliphatic heterocycles. The molecule has 1 aromatic carbocycles. The van der Waals surface area contributed by atoms with Crippen LogP contribution >= 0.6 is 11.6 Å². The van der Waals surface area contributed by atoms with Crippen molar-refractivity contribution in [3.05, 3.63) is 40.9 Å². The van der Waals surface area contributed by atoms with Crippen LogP contribution in [0.3, 0.4) is 0 Å². The van der Waals surface area contributed by atoms with E-state index in [9.17, 15) is 4.79 Å². The van der Waals surface area contributed by atoms with Crippen LogP contribution in [0.15, 0.2) is 30.4 Å². The standard InChI is InChI=1S/C11H13ClN2O/c1-7(2)6-14-11(15)8-3-9(12)5-10(13)4-8/h3-5H,1,6,13H2,2H3,(H,14,15). The van der Waals surface area contributed by atoms with Gasteiger partial charge >= 0.3 is 0 Å². The van der Waals surface area contributed by atoms with Crippen molar-refractivity contribution < 1.29 is 4.79 Å². The summed E-state index contributed by atoms with van der Waals surface area (Å²) in [6.45, 7) is 5.98. The van der Waals surface area contributed by atoms with Crippen LogP contribution in [0.2, 0.25) is 5.02 Å². The molecule has 3 nitrogen and oxygen atoms in total. The van der Waals surface area contributed by atoms with E-state index >= 15 is 0 Å². The number of hydrogen-bond donors (Lipinski definition) is 2. The minimum Gasteiger partial charge on any atom is -0.399 e. The lowest BCUT2D eigenvalue weighted by atomic mass is 10.2. The molecule has 1 rings (SSSR count). The SMILES string of the molecule is C=C(C)CNC(=O)c1cc(N)cc(Cl)c1.